The zero-order valence-corrected chi connectivity index (χ0v) is 14.1. The Hall–Kier alpha value is -3.48. The molecule has 2 N–H and O–H groups in total. The topological polar surface area (TPSA) is 76.1 Å². The summed E-state index contributed by atoms with van der Waals surface area (Å²) in [6.07, 6.45) is 0. The summed E-state index contributed by atoms with van der Waals surface area (Å²) < 4.78 is 18.4. The van der Waals surface area contributed by atoms with E-state index in [1.165, 1.54) is 12.1 Å². The quantitative estimate of drug-likeness (QED) is 0.712. The van der Waals surface area contributed by atoms with Gasteiger partial charge in [0.15, 0.2) is 11.5 Å². The standard InChI is InChI=1S/C19H17FN4O2/c1-26-17-8-3-2-5-13(17)12-21-19(25)16-9-10-18(24-23-16)22-15-7-4-6-14(20)11-15/h2-11H,12H2,1H3,(H,21,25)(H,22,24). The fourth-order valence-corrected chi connectivity index (χ4v) is 2.35. The minimum atomic E-state index is -0.352. The minimum absolute atomic E-state index is 0.185. The maximum absolute atomic E-state index is 13.2. The molecule has 3 aromatic rings. The molecule has 1 aromatic heterocycles. The summed E-state index contributed by atoms with van der Waals surface area (Å²) in [4.78, 5) is 12.2. The fraction of sp³-hybridized carbons (Fsp3) is 0.105. The largest absolute Gasteiger partial charge is 0.496 e. The van der Waals surface area contributed by atoms with Gasteiger partial charge in [-0.25, -0.2) is 4.39 Å². The second-order valence-electron chi connectivity index (χ2n) is 5.43. The van der Waals surface area contributed by atoms with Gasteiger partial charge in [-0.05, 0) is 36.4 Å². The van der Waals surface area contributed by atoms with Crippen molar-refractivity contribution in [3.8, 4) is 5.75 Å². The van der Waals surface area contributed by atoms with E-state index in [1.54, 1.807) is 31.4 Å². The first kappa shape index (κ1) is 17.3. The summed E-state index contributed by atoms with van der Waals surface area (Å²) in [5.74, 6) is 0.418. The number of rotatable bonds is 6. The molecular formula is C19H17FN4O2. The third-order valence-corrected chi connectivity index (χ3v) is 3.63. The number of carbonyl (C=O) groups is 1. The van der Waals surface area contributed by atoms with Gasteiger partial charge < -0.3 is 15.4 Å². The maximum atomic E-state index is 13.2. The van der Waals surface area contributed by atoms with Gasteiger partial charge in [-0.15, -0.1) is 10.2 Å². The van der Waals surface area contributed by atoms with Crippen molar-refractivity contribution < 1.29 is 13.9 Å². The van der Waals surface area contributed by atoms with Gasteiger partial charge in [-0.2, -0.15) is 0 Å². The molecule has 26 heavy (non-hydrogen) atoms. The second-order valence-corrected chi connectivity index (χ2v) is 5.43. The van der Waals surface area contributed by atoms with Crippen LogP contribution in [0.1, 0.15) is 16.1 Å². The van der Waals surface area contributed by atoms with E-state index >= 15 is 0 Å². The van der Waals surface area contributed by atoms with E-state index in [9.17, 15) is 9.18 Å². The van der Waals surface area contributed by atoms with E-state index < -0.39 is 0 Å². The Morgan fingerprint density at radius 1 is 1.08 bits per heavy atom. The Labute approximate surface area is 150 Å². The molecule has 0 fully saturated rings. The number of carbonyl (C=O) groups excluding carboxylic acids is 1. The highest BCUT2D eigenvalue weighted by Crippen LogP contribution is 2.17. The number of methoxy groups -OCH3 is 1. The lowest BCUT2D eigenvalue weighted by Gasteiger charge is -2.09. The van der Waals surface area contributed by atoms with E-state index in [1.807, 2.05) is 24.3 Å². The molecule has 3 rings (SSSR count). The lowest BCUT2D eigenvalue weighted by Crippen LogP contribution is -2.24. The summed E-state index contributed by atoms with van der Waals surface area (Å²) in [5.41, 5.74) is 1.60. The fourth-order valence-electron chi connectivity index (χ4n) is 2.35. The van der Waals surface area contributed by atoms with E-state index in [0.717, 1.165) is 5.56 Å². The number of anilines is 2. The molecule has 0 saturated carbocycles. The molecule has 6 nitrogen and oxygen atoms in total. The smallest absolute Gasteiger partial charge is 0.272 e. The normalized spacial score (nSPS) is 10.2. The van der Waals surface area contributed by atoms with Crippen molar-refractivity contribution in [3.63, 3.8) is 0 Å². The number of nitrogens with one attached hydrogen (secondary N) is 2. The average molecular weight is 352 g/mol. The van der Waals surface area contributed by atoms with Crippen molar-refractivity contribution in [2.75, 3.05) is 12.4 Å². The second kappa shape index (κ2) is 8.06. The van der Waals surface area contributed by atoms with E-state index in [0.29, 0.717) is 23.8 Å². The molecule has 132 valence electrons. The van der Waals surface area contributed by atoms with E-state index in [2.05, 4.69) is 20.8 Å². The average Bonchev–Trinajstić information content (AvgIpc) is 2.67. The zero-order chi connectivity index (χ0) is 18.4. The molecule has 0 aliphatic rings. The molecule has 1 heterocycles. The lowest BCUT2D eigenvalue weighted by molar-refractivity contribution is 0.0944. The van der Waals surface area contributed by atoms with Crippen LogP contribution in [0.25, 0.3) is 0 Å². The third kappa shape index (κ3) is 4.32. The molecule has 2 aromatic carbocycles. The van der Waals surface area contributed by atoms with Crippen LogP contribution in [0.2, 0.25) is 0 Å². The summed E-state index contributed by atoms with van der Waals surface area (Å²) in [6.45, 7) is 0.313. The molecular weight excluding hydrogens is 335 g/mol. The van der Waals surface area contributed by atoms with Gasteiger partial charge in [0.1, 0.15) is 11.6 Å². The van der Waals surface area contributed by atoms with Gasteiger partial charge in [0.25, 0.3) is 5.91 Å². The molecule has 0 aliphatic carbocycles. The SMILES string of the molecule is COc1ccccc1CNC(=O)c1ccc(Nc2cccc(F)c2)nn1. The molecule has 0 saturated heterocycles. The van der Waals surface area contributed by atoms with Crippen LogP contribution < -0.4 is 15.4 Å². The van der Waals surface area contributed by atoms with Crippen LogP contribution in [0, 0.1) is 5.82 Å². The Morgan fingerprint density at radius 2 is 1.92 bits per heavy atom. The summed E-state index contributed by atoms with van der Waals surface area (Å²) >= 11 is 0. The van der Waals surface area contributed by atoms with Crippen LogP contribution in [-0.4, -0.2) is 23.2 Å². The van der Waals surface area contributed by atoms with Gasteiger partial charge in [0.05, 0.1) is 7.11 Å². The van der Waals surface area contributed by atoms with Crippen molar-refractivity contribution in [1.82, 2.24) is 15.5 Å². The molecule has 0 spiro atoms. The first-order valence-electron chi connectivity index (χ1n) is 7.92. The predicted octanol–water partition coefficient (Wildman–Crippen LogP) is 3.30. The Kier molecular flexibility index (Phi) is 5.38. The monoisotopic (exact) mass is 352 g/mol. The van der Waals surface area contributed by atoms with Crippen molar-refractivity contribution >= 4 is 17.4 Å². The molecule has 0 unspecified atom stereocenters. The molecule has 0 radical (unpaired) electrons. The molecule has 0 aliphatic heterocycles. The number of nitrogens with zero attached hydrogens (tertiary/aromatic N) is 2. The van der Waals surface area contributed by atoms with Crippen molar-refractivity contribution in [2.45, 2.75) is 6.54 Å². The third-order valence-electron chi connectivity index (χ3n) is 3.63. The van der Waals surface area contributed by atoms with Gasteiger partial charge in [-0.3, -0.25) is 4.79 Å². The number of hydrogen-bond acceptors (Lipinski definition) is 5. The molecule has 0 bridgehead atoms. The number of amides is 1. The van der Waals surface area contributed by atoms with Crippen molar-refractivity contribution in [1.29, 1.82) is 0 Å². The number of ether oxygens (including phenoxy) is 1. The minimum Gasteiger partial charge on any atom is -0.496 e. The van der Waals surface area contributed by atoms with Gasteiger partial charge in [-0.1, -0.05) is 24.3 Å². The van der Waals surface area contributed by atoms with Crippen LogP contribution in [0.5, 0.6) is 5.75 Å². The van der Waals surface area contributed by atoms with Crippen LogP contribution in [0.3, 0.4) is 0 Å². The van der Waals surface area contributed by atoms with Crippen LogP contribution >= 0.6 is 0 Å². The predicted molar refractivity (Wildman–Crippen MR) is 95.9 cm³/mol. The number of hydrogen-bond donors (Lipinski definition) is 2. The van der Waals surface area contributed by atoms with E-state index in [-0.39, 0.29) is 17.4 Å². The van der Waals surface area contributed by atoms with Gasteiger partial charge >= 0.3 is 0 Å². The van der Waals surface area contributed by atoms with Crippen molar-refractivity contribution in [3.05, 3.63) is 77.7 Å². The maximum Gasteiger partial charge on any atom is 0.272 e. The van der Waals surface area contributed by atoms with Crippen LogP contribution in [-0.2, 0) is 6.54 Å². The van der Waals surface area contributed by atoms with E-state index in [4.69, 9.17) is 4.74 Å². The number of benzene rings is 2. The first-order valence-corrected chi connectivity index (χ1v) is 7.92. The van der Waals surface area contributed by atoms with Gasteiger partial charge in [0, 0.05) is 17.8 Å². The highest BCUT2D eigenvalue weighted by molar-refractivity contribution is 5.92. The highest BCUT2D eigenvalue weighted by Gasteiger charge is 2.10. The van der Waals surface area contributed by atoms with Gasteiger partial charge in [0.2, 0.25) is 0 Å². The first-order chi connectivity index (χ1) is 12.7. The Balaban J connectivity index is 1.61. The summed E-state index contributed by atoms with van der Waals surface area (Å²) in [5, 5.41) is 13.5. The summed E-state index contributed by atoms with van der Waals surface area (Å²) in [7, 11) is 1.58. The summed E-state index contributed by atoms with van der Waals surface area (Å²) in [6, 6.07) is 16.6. The molecule has 0 atom stereocenters. The van der Waals surface area contributed by atoms with Crippen molar-refractivity contribution in [2.24, 2.45) is 0 Å². The van der Waals surface area contributed by atoms with Crippen LogP contribution in [0.4, 0.5) is 15.9 Å². The molecule has 1 amide bonds. The Bertz CT molecular complexity index is 900. The highest BCUT2D eigenvalue weighted by atomic mass is 19.1. The Morgan fingerprint density at radius 3 is 2.65 bits per heavy atom. The molecule has 7 heteroatoms. The zero-order valence-electron chi connectivity index (χ0n) is 14.1. The lowest BCUT2D eigenvalue weighted by atomic mass is 10.2. The number of para-hydroxylation sites is 1. The van der Waals surface area contributed by atoms with Crippen LogP contribution in [0.15, 0.2) is 60.7 Å². The number of aromatic nitrogens is 2. The number of halogens is 1.